The quantitative estimate of drug-likeness (QED) is 0.532. The zero-order valence-corrected chi connectivity index (χ0v) is 6.10. The summed E-state index contributed by atoms with van der Waals surface area (Å²) >= 11 is 0. The third kappa shape index (κ3) is 7.87. The largest absolute Gasteiger partial charge is 0.748 e. The summed E-state index contributed by atoms with van der Waals surface area (Å²) in [6, 6.07) is 0. The van der Waals surface area contributed by atoms with Crippen LogP contribution in [0.15, 0.2) is 0 Å². The first-order chi connectivity index (χ1) is 3.71. The lowest BCUT2D eigenvalue weighted by Crippen LogP contribution is -2.29. The topological polar surface area (TPSA) is 77.4 Å². The Labute approximate surface area is 54.3 Å². The van der Waals surface area contributed by atoms with E-state index in [1.807, 2.05) is 0 Å². The Balaban J connectivity index is 4.07. The average Bonchev–Trinajstić information content (AvgIpc) is 1.14. The molecule has 56 valence electrons. The van der Waals surface area contributed by atoms with E-state index in [1.165, 1.54) is 13.8 Å². The molecule has 0 bridgehead atoms. The fraction of sp³-hybridized carbons (Fsp3) is 1.00. The third-order valence-corrected chi connectivity index (χ3v) is 1.59. The molecule has 0 aromatic rings. The van der Waals surface area contributed by atoms with Crippen LogP contribution in [0.4, 0.5) is 0 Å². The van der Waals surface area contributed by atoms with E-state index < -0.39 is 21.5 Å². The Hall–Kier alpha value is -0.130. The first-order valence-electron chi connectivity index (χ1n) is 2.37. The smallest absolute Gasteiger partial charge is 0.0974 e. The maximum absolute atomic E-state index is 9.93. The highest BCUT2D eigenvalue weighted by Crippen LogP contribution is 2.03. The van der Waals surface area contributed by atoms with E-state index in [4.69, 9.17) is 5.11 Å². The Morgan fingerprint density at radius 2 is 1.89 bits per heavy atom. The second kappa shape index (κ2) is 2.24. The van der Waals surface area contributed by atoms with Gasteiger partial charge in [0.25, 0.3) is 0 Å². The summed E-state index contributed by atoms with van der Waals surface area (Å²) in [4.78, 5) is 0. The van der Waals surface area contributed by atoms with Crippen LogP contribution in [0, 0.1) is 0 Å². The highest BCUT2D eigenvalue weighted by molar-refractivity contribution is 7.85. The van der Waals surface area contributed by atoms with Gasteiger partial charge < -0.3 is 9.66 Å². The zero-order chi connectivity index (χ0) is 7.71. The van der Waals surface area contributed by atoms with Gasteiger partial charge in [-0.3, -0.25) is 0 Å². The van der Waals surface area contributed by atoms with E-state index in [0.29, 0.717) is 0 Å². The Morgan fingerprint density at radius 3 is 1.89 bits per heavy atom. The molecule has 9 heavy (non-hydrogen) atoms. The molecule has 0 heterocycles. The lowest BCUT2D eigenvalue weighted by molar-refractivity contribution is 0.103. The van der Waals surface area contributed by atoms with Gasteiger partial charge in [-0.25, -0.2) is 8.42 Å². The molecule has 0 atom stereocenters. The summed E-state index contributed by atoms with van der Waals surface area (Å²) in [5.74, 6) is -0.736. The molecule has 1 N–H and O–H groups in total. The van der Waals surface area contributed by atoms with Crippen LogP contribution in [-0.2, 0) is 10.1 Å². The zero-order valence-electron chi connectivity index (χ0n) is 5.29. The van der Waals surface area contributed by atoms with Crippen molar-refractivity contribution in [3.63, 3.8) is 0 Å². The van der Waals surface area contributed by atoms with Crippen molar-refractivity contribution < 1.29 is 18.1 Å². The molecule has 0 aromatic heterocycles. The molecule has 5 heteroatoms. The van der Waals surface area contributed by atoms with Crippen LogP contribution in [0.1, 0.15) is 13.8 Å². The van der Waals surface area contributed by atoms with Crippen LogP contribution in [0.3, 0.4) is 0 Å². The van der Waals surface area contributed by atoms with Crippen molar-refractivity contribution in [1.29, 1.82) is 0 Å². The summed E-state index contributed by atoms with van der Waals surface area (Å²) in [5.41, 5.74) is -1.42. The molecule has 0 aromatic carbocycles. The van der Waals surface area contributed by atoms with Gasteiger partial charge in [-0.2, -0.15) is 0 Å². The average molecular weight is 153 g/mol. The summed E-state index contributed by atoms with van der Waals surface area (Å²) < 4.78 is 29.8. The number of hydrogen-bond acceptors (Lipinski definition) is 4. The summed E-state index contributed by atoms with van der Waals surface area (Å²) in [7, 11) is -4.28. The highest BCUT2D eigenvalue weighted by Gasteiger charge is 2.15. The van der Waals surface area contributed by atoms with Gasteiger partial charge in [-0.15, -0.1) is 0 Å². The predicted molar refractivity (Wildman–Crippen MR) is 30.9 cm³/mol. The molecule has 0 aliphatic rings. The standard InChI is InChI=1S/C4H10O4S/c1-4(2,5)3-9(6,7)8/h5H,3H2,1-2H3,(H,6,7,8)/p-1. The van der Waals surface area contributed by atoms with Gasteiger partial charge in [0, 0.05) is 0 Å². The Kier molecular flexibility index (Phi) is 2.21. The minimum atomic E-state index is -4.28. The lowest BCUT2D eigenvalue weighted by atomic mass is 10.2. The van der Waals surface area contributed by atoms with E-state index in [9.17, 15) is 13.0 Å². The number of aliphatic hydroxyl groups is 1. The van der Waals surface area contributed by atoms with Crippen molar-refractivity contribution in [3.8, 4) is 0 Å². The molecular weight excluding hydrogens is 144 g/mol. The summed E-state index contributed by atoms with van der Waals surface area (Å²) in [6.07, 6.45) is 0. The van der Waals surface area contributed by atoms with Crippen LogP contribution in [-0.4, -0.2) is 29.4 Å². The van der Waals surface area contributed by atoms with E-state index in [0.717, 1.165) is 0 Å². The molecule has 0 rings (SSSR count). The Bertz CT molecular complexity index is 173. The fourth-order valence-electron chi connectivity index (χ4n) is 0.433. The normalized spacial score (nSPS) is 13.8. The second-order valence-electron chi connectivity index (χ2n) is 2.51. The van der Waals surface area contributed by atoms with E-state index in [-0.39, 0.29) is 0 Å². The van der Waals surface area contributed by atoms with Crippen LogP contribution >= 0.6 is 0 Å². The first-order valence-corrected chi connectivity index (χ1v) is 3.94. The third-order valence-electron chi connectivity index (χ3n) is 0.530. The summed E-state index contributed by atoms with van der Waals surface area (Å²) in [5, 5.41) is 8.77. The number of rotatable bonds is 2. The molecule has 0 aliphatic carbocycles. The molecule has 0 aliphatic heterocycles. The summed E-state index contributed by atoms with van der Waals surface area (Å²) in [6.45, 7) is 2.53. The van der Waals surface area contributed by atoms with Gasteiger partial charge in [0.05, 0.1) is 21.5 Å². The van der Waals surface area contributed by atoms with Gasteiger partial charge in [0.2, 0.25) is 0 Å². The minimum absolute atomic E-state index is 0.736. The maximum atomic E-state index is 9.93. The van der Waals surface area contributed by atoms with E-state index >= 15 is 0 Å². The Morgan fingerprint density at radius 1 is 1.56 bits per heavy atom. The SMILES string of the molecule is CC(C)(O)CS(=O)(=O)[O-]. The van der Waals surface area contributed by atoms with Gasteiger partial charge in [-0.1, -0.05) is 0 Å². The molecule has 0 spiro atoms. The van der Waals surface area contributed by atoms with Gasteiger partial charge in [0.15, 0.2) is 0 Å². The van der Waals surface area contributed by atoms with E-state index in [2.05, 4.69) is 0 Å². The van der Waals surface area contributed by atoms with Gasteiger partial charge >= 0.3 is 0 Å². The van der Waals surface area contributed by atoms with Crippen molar-refractivity contribution in [1.82, 2.24) is 0 Å². The predicted octanol–water partition coefficient (Wildman–Crippen LogP) is -0.697. The maximum Gasteiger partial charge on any atom is 0.0974 e. The molecular formula is C4H9O4S-. The lowest BCUT2D eigenvalue weighted by Gasteiger charge is -2.18. The van der Waals surface area contributed by atoms with Crippen molar-refractivity contribution >= 4 is 10.1 Å². The first kappa shape index (κ1) is 8.87. The molecule has 0 saturated heterocycles. The van der Waals surface area contributed by atoms with E-state index in [1.54, 1.807) is 0 Å². The van der Waals surface area contributed by atoms with Crippen molar-refractivity contribution in [2.45, 2.75) is 19.4 Å². The van der Waals surface area contributed by atoms with Crippen molar-refractivity contribution in [2.75, 3.05) is 5.75 Å². The van der Waals surface area contributed by atoms with Crippen LogP contribution in [0.2, 0.25) is 0 Å². The highest BCUT2D eigenvalue weighted by atomic mass is 32.2. The second-order valence-corrected chi connectivity index (χ2v) is 3.92. The van der Waals surface area contributed by atoms with Crippen LogP contribution in [0.25, 0.3) is 0 Å². The molecule has 4 nitrogen and oxygen atoms in total. The number of hydrogen-bond donors (Lipinski definition) is 1. The molecule has 0 fully saturated rings. The van der Waals surface area contributed by atoms with Crippen LogP contribution in [0.5, 0.6) is 0 Å². The molecule has 0 radical (unpaired) electrons. The monoisotopic (exact) mass is 153 g/mol. The molecule has 0 saturated carbocycles. The van der Waals surface area contributed by atoms with Gasteiger partial charge in [-0.05, 0) is 13.8 Å². The van der Waals surface area contributed by atoms with Crippen molar-refractivity contribution in [3.05, 3.63) is 0 Å². The fourth-order valence-corrected chi connectivity index (χ4v) is 1.30. The van der Waals surface area contributed by atoms with Crippen molar-refractivity contribution in [2.24, 2.45) is 0 Å². The molecule has 0 amide bonds. The molecule has 0 unspecified atom stereocenters. The minimum Gasteiger partial charge on any atom is -0.748 e. The van der Waals surface area contributed by atoms with Gasteiger partial charge in [0.1, 0.15) is 0 Å². The van der Waals surface area contributed by atoms with Crippen LogP contribution < -0.4 is 0 Å².